The Labute approximate surface area is 105 Å². The quantitative estimate of drug-likeness (QED) is 0.536. The zero-order valence-electron chi connectivity index (χ0n) is 9.32. The summed E-state index contributed by atoms with van der Waals surface area (Å²) in [7, 11) is 0.115. The third kappa shape index (κ3) is 2.77. The van der Waals surface area contributed by atoms with Gasteiger partial charge in [-0.1, -0.05) is 0 Å². The lowest BCUT2D eigenvalue weighted by molar-refractivity contribution is -0.00000521. The smallest absolute Gasteiger partial charge is 0.200 e. The normalized spacial score (nSPS) is 24.8. The van der Waals surface area contributed by atoms with Crippen molar-refractivity contribution in [3.63, 3.8) is 0 Å². The van der Waals surface area contributed by atoms with Crippen LogP contribution in [-0.4, -0.2) is 21.2 Å². The van der Waals surface area contributed by atoms with Crippen molar-refractivity contribution in [3.8, 4) is 11.5 Å². The Balaban J connectivity index is 0.00000128. The largest absolute Gasteiger partial charge is 1.00 e. The maximum absolute atomic E-state index is 9.80. The van der Waals surface area contributed by atoms with Gasteiger partial charge in [-0.3, -0.25) is 0 Å². The molecule has 16 heavy (non-hydrogen) atoms. The molecular formula is C12H17ClO2S. The molecule has 1 aliphatic rings. The van der Waals surface area contributed by atoms with Crippen molar-refractivity contribution in [2.75, 3.05) is 5.75 Å². The fourth-order valence-electron chi connectivity index (χ4n) is 2.07. The van der Waals surface area contributed by atoms with Gasteiger partial charge < -0.3 is 22.6 Å². The number of rotatable bonds is 1. The molecule has 0 bridgehead atoms. The van der Waals surface area contributed by atoms with Gasteiger partial charge in [-0.05, 0) is 38.3 Å². The highest BCUT2D eigenvalue weighted by Gasteiger charge is 2.34. The Morgan fingerprint density at radius 1 is 1.25 bits per heavy atom. The molecule has 2 nitrogen and oxygen atoms in total. The fraction of sp³-hybridized carbons (Fsp3) is 0.500. The molecule has 1 heterocycles. The highest BCUT2D eigenvalue weighted by Crippen LogP contribution is 2.35. The third-order valence-electron chi connectivity index (χ3n) is 2.94. The Bertz CT molecular complexity index is 357. The molecule has 2 rings (SSSR count). The van der Waals surface area contributed by atoms with Crippen LogP contribution in [-0.2, 0) is 10.9 Å². The average Bonchev–Trinajstić information content (AvgIpc) is 2.23. The molecule has 0 amide bonds. The maximum atomic E-state index is 9.80. The molecule has 2 unspecified atom stereocenters. The number of benzene rings is 1. The predicted octanol–water partition coefficient (Wildman–Crippen LogP) is -0.349. The van der Waals surface area contributed by atoms with E-state index in [0.29, 0.717) is 11.0 Å². The van der Waals surface area contributed by atoms with Crippen LogP contribution in [0.5, 0.6) is 11.5 Å². The molecule has 1 aromatic carbocycles. The van der Waals surface area contributed by atoms with Crippen LogP contribution in [0, 0.1) is 0 Å². The summed E-state index contributed by atoms with van der Waals surface area (Å²) in [4.78, 5) is 0.946. The molecular weight excluding hydrogens is 244 g/mol. The Morgan fingerprint density at radius 2 is 2.00 bits per heavy atom. The molecule has 0 aliphatic carbocycles. The Kier molecular flexibility index (Phi) is 4.81. The zero-order valence-corrected chi connectivity index (χ0v) is 10.9. The predicted molar refractivity (Wildman–Crippen MR) is 63.6 cm³/mol. The molecule has 1 fully saturated rings. The first-order chi connectivity index (χ1) is 7.18. The fourth-order valence-corrected chi connectivity index (χ4v) is 4.70. The van der Waals surface area contributed by atoms with Crippen LogP contribution in [0.15, 0.2) is 23.1 Å². The van der Waals surface area contributed by atoms with Crippen molar-refractivity contribution in [1.29, 1.82) is 0 Å². The molecule has 1 aliphatic heterocycles. The lowest BCUT2D eigenvalue weighted by Crippen LogP contribution is -3.00. The van der Waals surface area contributed by atoms with E-state index in [1.165, 1.54) is 25.3 Å². The summed E-state index contributed by atoms with van der Waals surface area (Å²) in [5.74, 6) is 1.75. The minimum absolute atomic E-state index is 0. The minimum Gasteiger partial charge on any atom is -1.00 e. The summed E-state index contributed by atoms with van der Waals surface area (Å²) < 4.78 is 0. The zero-order chi connectivity index (χ0) is 10.8. The summed E-state index contributed by atoms with van der Waals surface area (Å²) >= 11 is 0. The van der Waals surface area contributed by atoms with Crippen molar-refractivity contribution >= 4 is 10.9 Å². The molecule has 90 valence electrons. The minimum atomic E-state index is 0. The third-order valence-corrected chi connectivity index (χ3v) is 5.76. The van der Waals surface area contributed by atoms with Crippen molar-refractivity contribution in [3.05, 3.63) is 18.2 Å². The standard InChI is InChI=1S/C12H16O2S.ClH/c1-9-4-2-3-7-15(9)12-8-10(13)5-6-11(12)14;/h5-6,8-9H,2-4,7H2,1H3,(H-,13,14);1H. The van der Waals surface area contributed by atoms with Gasteiger partial charge in [0.1, 0.15) is 16.8 Å². The van der Waals surface area contributed by atoms with Gasteiger partial charge in [-0.2, -0.15) is 0 Å². The van der Waals surface area contributed by atoms with E-state index < -0.39 is 0 Å². The number of phenolic OH excluding ortho intramolecular Hbond substituents is 2. The van der Waals surface area contributed by atoms with E-state index in [2.05, 4.69) is 6.92 Å². The molecule has 2 atom stereocenters. The molecule has 0 radical (unpaired) electrons. The summed E-state index contributed by atoms with van der Waals surface area (Å²) in [6.45, 7) is 2.24. The van der Waals surface area contributed by atoms with Crippen molar-refractivity contribution in [2.24, 2.45) is 0 Å². The van der Waals surface area contributed by atoms with Gasteiger partial charge in [0.25, 0.3) is 0 Å². The SMILES string of the molecule is CC1CCCC[S+]1c1cc(O)ccc1O.[Cl-]. The molecule has 0 aromatic heterocycles. The maximum Gasteiger partial charge on any atom is 0.200 e. The van der Waals surface area contributed by atoms with E-state index in [1.54, 1.807) is 12.1 Å². The second-order valence-corrected chi connectivity index (χ2v) is 6.60. The van der Waals surface area contributed by atoms with Crippen molar-refractivity contribution in [2.45, 2.75) is 36.3 Å². The first-order valence-electron chi connectivity index (χ1n) is 5.40. The van der Waals surface area contributed by atoms with Crippen molar-refractivity contribution in [1.82, 2.24) is 0 Å². The Morgan fingerprint density at radius 3 is 2.69 bits per heavy atom. The first kappa shape index (κ1) is 13.5. The molecule has 1 saturated heterocycles. The summed E-state index contributed by atoms with van der Waals surface area (Å²) in [5.41, 5.74) is 0. The van der Waals surface area contributed by atoms with Crippen molar-refractivity contribution < 1.29 is 22.6 Å². The van der Waals surface area contributed by atoms with Crippen LogP contribution in [0.4, 0.5) is 0 Å². The number of aromatic hydroxyl groups is 2. The molecule has 0 spiro atoms. The van der Waals surface area contributed by atoms with Crippen LogP contribution in [0.1, 0.15) is 26.2 Å². The summed E-state index contributed by atoms with van der Waals surface area (Å²) in [6.07, 6.45) is 3.77. The van der Waals surface area contributed by atoms with E-state index >= 15 is 0 Å². The van der Waals surface area contributed by atoms with Gasteiger partial charge in [0.05, 0.1) is 0 Å². The van der Waals surface area contributed by atoms with E-state index in [4.69, 9.17) is 0 Å². The van der Waals surface area contributed by atoms with E-state index in [0.717, 1.165) is 10.6 Å². The monoisotopic (exact) mass is 260 g/mol. The van der Waals surface area contributed by atoms with Gasteiger partial charge in [0, 0.05) is 17.0 Å². The number of hydrogen-bond donors (Lipinski definition) is 2. The van der Waals surface area contributed by atoms with Crippen LogP contribution < -0.4 is 12.4 Å². The molecule has 4 heteroatoms. The highest BCUT2D eigenvalue weighted by molar-refractivity contribution is 7.97. The molecule has 0 saturated carbocycles. The van der Waals surface area contributed by atoms with E-state index in [-0.39, 0.29) is 29.1 Å². The van der Waals surface area contributed by atoms with Crippen LogP contribution in [0.25, 0.3) is 0 Å². The number of halogens is 1. The second-order valence-electron chi connectivity index (χ2n) is 4.09. The number of hydrogen-bond acceptors (Lipinski definition) is 2. The molecule has 2 N–H and O–H groups in total. The number of phenols is 2. The Hall–Kier alpha value is -0.540. The van der Waals surface area contributed by atoms with Gasteiger partial charge in [-0.25, -0.2) is 0 Å². The highest BCUT2D eigenvalue weighted by atomic mass is 35.5. The van der Waals surface area contributed by atoms with Crippen LogP contribution >= 0.6 is 0 Å². The topological polar surface area (TPSA) is 40.5 Å². The van der Waals surface area contributed by atoms with Crippen LogP contribution in [0.2, 0.25) is 0 Å². The van der Waals surface area contributed by atoms with E-state index in [9.17, 15) is 10.2 Å². The second kappa shape index (κ2) is 5.69. The van der Waals surface area contributed by atoms with Gasteiger partial charge in [0.2, 0.25) is 0 Å². The average molecular weight is 261 g/mol. The first-order valence-corrected chi connectivity index (χ1v) is 6.86. The lowest BCUT2D eigenvalue weighted by Gasteiger charge is -2.20. The summed E-state index contributed by atoms with van der Waals surface area (Å²) in [6, 6.07) is 4.86. The van der Waals surface area contributed by atoms with Crippen LogP contribution in [0.3, 0.4) is 0 Å². The summed E-state index contributed by atoms with van der Waals surface area (Å²) in [5, 5.41) is 19.9. The van der Waals surface area contributed by atoms with Gasteiger partial charge >= 0.3 is 0 Å². The lowest BCUT2D eigenvalue weighted by atomic mass is 10.2. The van der Waals surface area contributed by atoms with Gasteiger partial charge in [-0.15, -0.1) is 0 Å². The van der Waals surface area contributed by atoms with Gasteiger partial charge in [0.15, 0.2) is 10.6 Å². The molecule has 1 aromatic rings. The van der Waals surface area contributed by atoms with E-state index in [1.807, 2.05) is 0 Å².